The van der Waals surface area contributed by atoms with Gasteiger partial charge in [-0.1, -0.05) is 0 Å². The van der Waals surface area contributed by atoms with E-state index in [1.807, 2.05) is 5.32 Å². The zero-order valence-corrected chi connectivity index (χ0v) is 8.73. The van der Waals surface area contributed by atoms with Gasteiger partial charge in [-0.25, -0.2) is 8.78 Å². The maximum atomic E-state index is 12.3. The predicted octanol–water partition coefficient (Wildman–Crippen LogP) is 0.239. The van der Waals surface area contributed by atoms with Gasteiger partial charge in [-0.15, -0.1) is 0 Å². The van der Waals surface area contributed by atoms with Crippen LogP contribution in [0.4, 0.5) is 17.6 Å². The molecule has 0 aromatic carbocycles. The molecule has 1 amide bonds. The summed E-state index contributed by atoms with van der Waals surface area (Å²) in [5, 5.41) is 4.29. The summed E-state index contributed by atoms with van der Waals surface area (Å²) in [7, 11) is 1.44. The summed E-state index contributed by atoms with van der Waals surface area (Å²) >= 11 is 0. The Labute approximate surface area is 90.3 Å². The highest BCUT2D eigenvalue weighted by molar-refractivity contribution is 5.77. The van der Waals surface area contributed by atoms with Crippen LogP contribution in [0, 0.1) is 0 Å². The molecule has 16 heavy (non-hydrogen) atoms. The molecule has 0 aromatic rings. The van der Waals surface area contributed by atoms with E-state index in [0.29, 0.717) is 6.61 Å². The third-order valence-electron chi connectivity index (χ3n) is 1.59. The normalized spacial score (nSPS) is 11.9. The van der Waals surface area contributed by atoms with Crippen LogP contribution in [0.15, 0.2) is 0 Å². The van der Waals surface area contributed by atoms with Crippen LogP contribution in [-0.4, -0.2) is 51.6 Å². The van der Waals surface area contributed by atoms with Crippen LogP contribution in [0.1, 0.15) is 0 Å². The Morgan fingerprint density at radius 3 is 2.56 bits per heavy atom. The van der Waals surface area contributed by atoms with Crippen molar-refractivity contribution >= 4 is 5.91 Å². The van der Waals surface area contributed by atoms with Gasteiger partial charge in [-0.05, 0) is 0 Å². The average molecular weight is 246 g/mol. The first kappa shape index (κ1) is 15.1. The standard InChI is InChI=1S/C8H14F4N2O2/c1-16-3-2-14-6(15)4-13-5-8(11,12)7(9)10/h7,13H,2-5H2,1H3,(H,14,15). The van der Waals surface area contributed by atoms with Crippen LogP contribution in [-0.2, 0) is 9.53 Å². The number of rotatable bonds is 8. The molecule has 0 spiro atoms. The highest BCUT2D eigenvalue weighted by Crippen LogP contribution is 2.21. The lowest BCUT2D eigenvalue weighted by Gasteiger charge is -2.15. The Hall–Kier alpha value is -0.890. The van der Waals surface area contributed by atoms with Gasteiger partial charge in [0.1, 0.15) is 0 Å². The summed E-state index contributed by atoms with van der Waals surface area (Å²) < 4.78 is 52.7. The smallest absolute Gasteiger partial charge is 0.319 e. The predicted molar refractivity (Wildman–Crippen MR) is 48.7 cm³/mol. The van der Waals surface area contributed by atoms with Crippen molar-refractivity contribution in [1.82, 2.24) is 10.6 Å². The number of amides is 1. The van der Waals surface area contributed by atoms with E-state index in [0.717, 1.165) is 0 Å². The molecule has 4 nitrogen and oxygen atoms in total. The third kappa shape index (κ3) is 6.57. The number of halogens is 4. The van der Waals surface area contributed by atoms with E-state index in [1.165, 1.54) is 7.11 Å². The Morgan fingerprint density at radius 1 is 1.44 bits per heavy atom. The topological polar surface area (TPSA) is 50.4 Å². The fourth-order valence-electron chi connectivity index (χ4n) is 0.775. The molecule has 0 radical (unpaired) electrons. The molecule has 0 bridgehead atoms. The molecule has 96 valence electrons. The van der Waals surface area contributed by atoms with Crippen molar-refractivity contribution in [3.05, 3.63) is 0 Å². The SMILES string of the molecule is COCCNC(=O)CNCC(F)(F)C(F)F. The van der Waals surface area contributed by atoms with Crippen molar-refractivity contribution in [3.8, 4) is 0 Å². The van der Waals surface area contributed by atoms with E-state index < -0.39 is 31.3 Å². The lowest BCUT2D eigenvalue weighted by atomic mass is 10.3. The molecule has 0 unspecified atom stereocenters. The van der Waals surface area contributed by atoms with E-state index >= 15 is 0 Å². The molecule has 0 rings (SSSR count). The lowest BCUT2D eigenvalue weighted by molar-refractivity contribution is -0.128. The molecule has 0 aliphatic rings. The zero-order chi connectivity index (χ0) is 12.6. The van der Waals surface area contributed by atoms with Gasteiger partial charge in [0.25, 0.3) is 0 Å². The number of carbonyl (C=O) groups excluding carboxylic acids is 1. The average Bonchev–Trinajstić information content (AvgIpc) is 2.17. The van der Waals surface area contributed by atoms with Crippen molar-refractivity contribution in [2.24, 2.45) is 0 Å². The number of nitrogens with one attached hydrogen (secondary N) is 2. The molecule has 8 heteroatoms. The molecule has 0 heterocycles. The van der Waals surface area contributed by atoms with Crippen molar-refractivity contribution in [3.63, 3.8) is 0 Å². The molecular weight excluding hydrogens is 232 g/mol. The quantitative estimate of drug-likeness (QED) is 0.476. The van der Waals surface area contributed by atoms with Gasteiger partial charge in [-0.3, -0.25) is 4.79 Å². The fraction of sp³-hybridized carbons (Fsp3) is 0.875. The monoisotopic (exact) mass is 246 g/mol. The summed E-state index contributed by atoms with van der Waals surface area (Å²) in [6.45, 7) is -1.14. The van der Waals surface area contributed by atoms with Crippen LogP contribution in [0.2, 0.25) is 0 Å². The first-order valence-electron chi connectivity index (χ1n) is 4.52. The number of hydrogen-bond acceptors (Lipinski definition) is 3. The summed E-state index contributed by atoms with van der Waals surface area (Å²) in [5.74, 6) is -4.67. The van der Waals surface area contributed by atoms with Gasteiger partial charge >= 0.3 is 12.3 Å². The second kappa shape index (κ2) is 7.39. The summed E-state index contributed by atoms with van der Waals surface area (Å²) in [6, 6.07) is 0. The van der Waals surface area contributed by atoms with E-state index in [4.69, 9.17) is 0 Å². The van der Waals surface area contributed by atoms with Gasteiger partial charge in [0.05, 0.1) is 19.7 Å². The molecule has 0 saturated carbocycles. The number of carbonyl (C=O) groups is 1. The van der Waals surface area contributed by atoms with E-state index in [9.17, 15) is 22.4 Å². The minimum atomic E-state index is -4.12. The highest BCUT2D eigenvalue weighted by atomic mass is 19.3. The van der Waals surface area contributed by atoms with Crippen molar-refractivity contribution in [2.45, 2.75) is 12.3 Å². The molecule has 0 aromatic heterocycles. The summed E-state index contributed by atoms with van der Waals surface area (Å²) in [5.41, 5.74) is 0. The second-order valence-corrected chi connectivity index (χ2v) is 3.01. The van der Waals surface area contributed by atoms with E-state index in [1.54, 1.807) is 0 Å². The maximum Gasteiger partial charge on any atom is 0.319 e. The zero-order valence-electron chi connectivity index (χ0n) is 8.73. The Kier molecular flexibility index (Phi) is 6.98. The van der Waals surface area contributed by atoms with Crippen LogP contribution >= 0.6 is 0 Å². The van der Waals surface area contributed by atoms with Gasteiger partial charge in [0, 0.05) is 13.7 Å². The van der Waals surface area contributed by atoms with Gasteiger partial charge in [0.15, 0.2) is 0 Å². The van der Waals surface area contributed by atoms with Crippen LogP contribution in [0.25, 0.3) is 0 Å². The minimum absolute atomic E-state index is 0.238. The first-order valence-corrected chi connectivity index (χ1v) is 4.52. The van der Waals surface area contributed by atoms with Crippen molar-refractivity contribution in [1.29, 1.82) is 0 Å². The number of methoxy groups -OCH3 is 1. The Balaban J connectivity index is 3.61. The van der Waals surface area contributed by atoms with Crippen molar-refractivity contribution < 1.29 is 27.1 Å². The van der Waals surface area contributed by atoms with Crippen LogP contribution in [0.3, 0.4) is 0 Å². The van der Waals surface area contributed by atoms with Gasteiger partial charge in [-0.2, -0.15) is 8.78 Å². The molecule has 0 aliphatic heterocycles. The molecule has 0 fully saturated rings. The first-order chi connectivity index (χ1) is 7.40. The summed E-state index contributed by atoms with van der Waals surface area (Å²) in [6.07, 6.45) is -3.74. The van der Waals surface area contributed by atoms with Crippen molar-refractivity contribution in [2.75, 3.05) is 33.4 Å². The van der Waals surface area contributed by atoms with E-state index in [-0.39, 0.29) is 6.54 Å². The van der Waals surface area contributed by atoms with Crippen LogP contribution < -0.4 is 10.6 Å². The number of hydrogen-bond donors (Lipinski definition) is 2. The minimum Gasteiger partial charge on any atom is -0.383 e. The largest absolute Gasteiger partial charge is 0.383 e. The van der Waals surface area contributed by atoms with Gasteiger partial charge in [0.2, 0.25) is 5.91 Å². The van der Waals surface area contributed by atoms with E-state index in [2.05, 4.69) is 10.1 Å². The molecule has 0 saturated heterocycles. The summed E-state index contributed by atoms with van der Waals surface area (Å²) in [4.78, 5) is 10.9. The van der Waals surface area contributed by atoms with Gasteiger partial charge < -0.3 is 15.4 Å². The Morgan fingerprint density at radius 2 is 2.06 bits per heavy atom. The molecule has 0 atom stereocenters. The Bertz CT molecular complexity index is 214. The molecule has 0 aliphatic carbocycles. The maximum absolute atomic E-state index is 12.3. The van der Waals surface area contributed by atoms with Crippen LogP contribution in [0.5, 0.6) is 0 Å². The lowest BCUT2D eigenvalue weighted by Crippen LogP contribution is -2.43. The highest BCUT2D eigenvalue weighted by Gasteiger charge is 2.40. The fourth-order valence-corrected chi connectivity index (χ4v) is 0.775. The second-order valence-electron chi connectivity index (χ2n) is 3.01. The number of alkyl halides is 4. The third-order valence-corrected chi connectivity index (χ3v) is 1.59. The molecular formula is C8H14F4N2O2. The molecule has 2 N–H and O–H groups in total. The number of ether oxygens (including phenoxy) is 1.